The monoisotopic (exact) mass is 373 g/mol. The van der Waals surface area contributed by atoms with Crippen LogP contribution >= 0.6 is 15.9 Å². The SMILES string of the molecule is COc1ccc(-c2cc(Br)ncc2F)c(C(OC)OC)c1F. The molecule has 0 aliphatic carbocycles. The lowest BCUT2D eigenvalue weighted by atomic mass is 9.98. The summed E-state index contributed by atoms with van der Waals surface area (Å²) in [5.74, 6) is -1.23. The highest BCUT2D eigenvalue weighted by atomic mass is 79.9. The van der Waals surface area contributed by atoms with E-state index in [1.165, 1.54) is 33.5 Å². The minimum absolute atomic E-state index is 0.0198. The number of hydrogen-bond acceptors (Lipinski definition) is 4. The Morgan fingerprint density at radius 3 is 2.36 bits per heavy atom. The predicted octanol–water partition coefficient (Wildman–Crippen LogP) is 4.09. The third kappa shape index (κ3) is 3.11. The summed E-state index contributed by atoms with van der Waals surface area (Å²) >= 11 is 3.18. The smallest absolute Gasteiger partial charge is 0.186 e. The summed E-state index contributed by atoms with van der Waals surface area (Å²) in [6.07, 6.45) is 0.0522. The Balaban J connectivity index is 2.75. The summed E-state index contributed by atoms with van der Waals surface area (Å²) in [5.41, 5.74) is 0.534. The van der Waals surface area contributed by atoms with Crippen molar-refractivity contribution in [2.75, 3.05) is 21.3 Å². The van der Waals surface area contributed by atoms with Gasteiger partial charge in [0.05, 0.1) is 18.9 Å². The second-order valence-corrected chi connectivity index (χ2v) is 5.15. The molecule has 2 rings (SSSR count). The molecule has 0 radical (unpaired) electrons. The molecule has 0 atom stereocenters. The molecule has 0 bridgehead atoms. The Labute approximate surface area is 135 Å². The van der Waals surface area contributed by atoms with Gasteiger partial charge in [-0.3, -0.25) is 0 Å². The van der Waals surface area contributed by atoms with Crippen LogP contribution in [0.5, 0.6) is 5.75 Å². The van der Waals surface area contributed by atoms with Crippen LogP contribution < -0.4 is 4.74 Å². The van der Waals surface area contributed by atoms with Gasteiger partial charge in [-0.05, 0) is 39.7 Å². The minimum atomic E-state index is -1.00. The topological polar surface area (TPSA) is 40.6 Å². The quantitative estimate of drug-likeness (QED) is 0.584. The van der Waals surface area contributed by atoms with E-state index < -0.39 is 17.9 Å². The summed E-state index contributed by atoms with van der Waals surface area (Å²) in [6, 6.07) is 4.43. The minimum Gasteiger partial charge on any atom is -0.494 e. The number of hydrogen-bond donors (Lipinski definition) is 0. The summed E-state index contributed by atoms with van der Waals surface area (Å²) in [4.78, 5) is 3.80. The van der Waals surface area contributed by atoms with E-state index in [2.05, 4.69) is 20.9 Å². The van der Waals surface area contributed by atoms with Crippen LogP contribution in [0.25, 0.3) is 11.1 Å². The number of halogens is 3. The van der Waals surface area contributed by atoms with Crippen LogP contribution in [0.2, 0.25) is 0 Å². The zero-order valence-corrected chi connectivity index (χ0v) is 13.8. The third-order valence-electron chi connectivity index (χ3n) is 3.14. The summed E-state index contributed by atoms with van der Waals surface area (Å²) in [7, 11) is 4.09. The Morgan fingerprint density at radius 1 is 1.09 bits per heavy atom. The number of aromatic nitrogens is 1. The zero-order valence-electron chi connectivity index (χ0n) is 12.2. The van der Waals surface area contributed by atoms with Gasteiger partial charge in [0, 0.05) is 19.8 Å². The number of rotatable bonds is 5. The summed E-state index contributed by atoms with van der Waals surface area (Å²) < 4.78 is 44.4. The highest BCUT2D eigenvalue weighted by Gasteiger charge is 2.25. The third-order valence-corrected chi connectivity index (χ3v) is 3.57. The van der Waals surface area contributed by atoms with Crippen LogP contribution in [0.1, 0.15) is 11.9 Å². The Hall–Kier alpha value is -1.57. The van der Waals surface area contributed by atoms with Crippen LogP contribution in [0.15, 0.2) is 29.0 Å². The molecule has 0 saturated heterocycles. The number of ether oxygens (including phenoxy) is 3. The molecule has 0 N–H and O–H groups in total. The van der Waals surface area contributed by atoms with Gasteiger partial charge in [0.15, 0.2) is 17.9 Å². The van der Waals surface area contributed by atoms with Crippen molar-refractivity contribution < 1.29 is 23.0 Å². The van der Waals surface area contributed by atoms with Crippen LogP contribution in [0.4, 0.5) is 8.78 Å². The number of nitrogens with zero attached hydrogens (tertiary/aromatic N) is 1. The molecule has 0 saturated carbocycles. The Morgan fingerprint density at radius 2 is 1.77 bits per heavy atom. The van der Waals surface area contributed by atoms with E-state index in [4.69, 9.17) is 14.2 Å². The summed E-state index contributed by atoms with van der Waals surface area (Å²) in [6.45, 7) is 0. The van der Waals surface area contributed by atoms with Crippen molar-refractivity contribution in [2.45, 2.75) is 6.29 Å². The number of pyridine rings is 1. The largest absolute Gasteiger partial charge is 0.494 e. The summed E-state index contributed by atoms with van der Waals surface area (Å²) in [5, 5.41) is 0. The van der Waals surface area contributed by atoms with Crippen molar-refractivity contribution in [3.8, 4) is 16.9 Å². The molecular formula is C15H14BrF2NO3. The Bertz CT molecular complexity index is 678. The van der Waals surface area contributed by atoms with Crippen LogP contribution in [-0.4, -0.2) is 26.3 Å². The molecular weight excluding hydrogens is 360 g/mol. The molecule has 1 heterocycles. The molecule has 0 amide bonds. The molecule has 4 nitrogen and oxygen atoms in total. The fraction of sp³-hybridized carbons (Fsp3) is 0.267. The standard InChI is InChI=1S/C15H14BrF2NO3/c1-20-11-5-4-8(9-6-12(16)19-7-10(9)17)13(14(11)18)15(21-2)22-3/h4-7,15H,1-3H3. The van der Waals surface area contributed by atoms with Crippen molar-refractivity contribution in [1.29, 1.82) is 0 Å². The average Bonchev–Trinajstić information content (AvgIpc) is 2.52. The maximum absolute atomic E-state index is 14.6. The molecule has 118 valence electrons. The van der Waals surface area contributed by atoms with Gasteiger partial charge >= 0.3 is 0 Å². The molecule has 0 aliphatic heterocycles. The normalized spacial score (nSPS) is 11.0. The van der Waals surface area contributed by atoms with Crippen molar-refractivity contribution >= 4 is 15.9 Å². The molecule has 2 aromatic rings. The van der Waals surface area contributed by atoms with Gasteiger partial charge in [0.2, 0.25) is 0 Å². The van der Waals surface area contributed by atoms with E-state index in [9.17, 15) is 8.78 Å². The molecule has 0 spiro atoms. The lowest BCUT2D eigenvalue weighted by Crippen LogP contribution is -2.10. The maximum Gasteiger partial charge on any atom is 0.186 e. The van der Waals surface area contributed by atoms with Gasteiger partial charge in [-0.2, -0.15) is 0 Å². The van der Waals surface area contributed by atoms with Crippen molar-refractivity contribution in [1.82, 2.24) is 4.98 Å². The first kappa shape index (κ1) is 16.8. The van der Waals surface area contributed by atoms with Gasteiger partial charge in [-0.15, -0.1) is 0 Å². The highest BCUT2D eigenvalue weighted by Crippen LogP contribution is 2.37. The van der Waals surface area contributed by atoms with E-state index in [1.807, 2.05) is 0 Å². The number of benzene rings is 1. The van der Waals surface area contributed by atoms with Crippen LogP contribution in [0.3, 0.4) is 0 Å². The molecule has 22 heavy (non-hydrogen) atoms. The van der Waals surface area contributed by atoms with Crippen LogP contribution in [-0.2, 0) is 9.47 Å². The van der Waals surface area contributed by atoms with E-state index >= 15 is 0 Å². The molecule has 1 aromatic heterocycles. The average molecular weight is 374 g/mol. The van der Waals surface area contributed by atoms with Gasteiger partial charge in [-0.1, -0.05) is 0 Å². The van der Waals surface area contributed by atoms with E-state index in [1.54, 1.807) is 6.07 Å². The fourth-order valence-electron chi connectivity index (χ4n) is 2.15. The fourth-order valence-corrected chi connectivity index (χ4v) is 2.48. The first-order chi connectivity index (χ1) is 10.5. The first-order valence-corrected chi connectivity index (χ1v) is 7.06. The van der Waals surface area contributed by atoms with E-state index in [-0.39, 0.29) is 16.9 Å². The lowest BCUT2D eigenvalue weighted by Gasteiger charge is -2.20. The molecule has 1 aromatic carbocycles. The second kappa shape index (κ2) is 7.13. The van der Waals surface area contributed by atoms with E-state index in [0.29, 0.717) is 10.2 Å². The van der Waals surface area contributed by atoms with Crippen molar-refractivity contribution in [2.24, 2.45) is 0 Å². The van der Waals surface area contributed by atoms with Gasteiger partial charge < -0.3 is 14.2 Å². The van der Waals surface area contributed by atoms with Gasteiger partial charge in [0.25, 0.3) is 0 Å². The second-order valence-electron chi connectivity index (χ2n) is 4.33. The Kier molecular flexibility index (Phi) is 5.44. The van der Waals surface area contributed by atoms with Crippen molar-refractivity contribution in [3.05, 3.63) is 46.2 Å². The zero-order chi connectivity index (χ0) is 16.3. The predicted molar refractivity (Wildman–Crippen MR) is 80.6 cm³/mol. The molecule has 0 aliphatic rings. The van der Waals surface area contributed by atoms with Crippen molar-refractivity contribution in [3.63, 3.8) is 0 Å². The molecule has 0 unspecified atom stereocenters. The first-order valence-electron chi connectivity index (χ1n) is 6.26. The lowest BCUT2D eigenvalue weighted by molar-refractivity contribution is -0.107. The van der Waals surface area contributed by atoms with Crippen LogP contribution in [0, 0.1) is 11.6 Å². The maximum atomic E-state index is 14.6. The number of methoxy groups -OCH3 is 3. The van der Waals surface area contributed by atoms with E-state index in [0.717, 1.165) is 6.20 Å². The van der Waals surface area contributed by atoms with Gasteiger partial charge in [-0.25, -0.2) is 13.8 Å². The molecule has 0 fully saturated rings. The van der Waals surface area contributed by atoms with Gasteiger partial charge in [0.1, 0.15) is 10.4 Å². The molecule has 7 heteroatoms. The highest BCUT2D eigenvalue weighted by molar-refractivity contribution is 9.10.